The van der Waals surface area contributed by atoms with Crippen molar-refractivity contribution in [3.8, 4) is 5.75 Å². The molecule has 0 bridgehead atoms. The lowest BCUT2D eigenvalue weighted by molar-refractivity contribution is -0.130. The van der Waals surface area contributed by atoms with Gasteiger partial charge in [-0.1, -0.05) is 18.2 Å². The van der Waals surface area contributed by atoms with Gasteiger partial charge >= 0.3 is 0 Å². The highest BCUT2D eigenvalue weighted by Crippen LogP contribution is 2.23. The SMILES string of the molecule is Cc1[nH]c2ccccc2c1C(=O)C(=O)Nc1ccc(OCC(=O)N(C)C)cc1. The maximum atomic E-state index is 12.7. The summed E-state index contributed by atoms with van der Waals surface area (Å²) in [6.07, 6.45) is 0. The quantitative estimate of drug-likeness (QED) is 0.509. The number of aromatic amines is 1. The van der Waals surface area contributed by atoms with Gasteiger partial charge in [0.1, 0.15) is 5.75 Å². The van der Waals surface area contributed by atoms with E-state index >= 15 is 0 Å². The molecular weight excluding hydrogens is 358 g/mol. The number of carbonyl (C=O) groups excluding carboxylic acids is 3. The number of ketones is 1. The number of hydrogen-bond acceptors (Lipinski definition) is 4. The number of Topliss-reactive ketones (excluding diaryl/α,β-unsaturated/α-hetero) is 1. The van der Waals surface area contributed by atoms with Crippen molar-refractivity contribution >= 4 is 34.2 Å². The highest BCUT2D eigenvalue weighted by molar-refractivity contribution is 6.48. The average Bonchev–Trinajstić information content (AvgIpc) is 3.02. The molecule has 3 rings (SSSR count). The Labute approximate surface area is 162 Å². The summed E-state index contributed by atoms with van der Waals surface area (Å²) in [4.78, 5) is 41.2. The molecule has 1 aromatic heterocycles. The van der Waals surface area contributed by atoms with Crippen molar-refractivity contribution in [1.82, 2.24) is 9.88 Å². The molecule has 0 aliphatic heterocycles. The highest BCUT2D eigenvalue weighted by Gasteiger charge is 2.22. The van der Waals surface area contributed by atoms with Crippen LogP contribution in [-0.4, -0.2) is 48.2 Å². The van der Waals surface area contributed by atoms with Crippen LogP contribution >= 0.6 is 0 Å². The van der Waals surface area contributed by atoms with Gasteiger partial charge in [-0.3, -0.25) is 14.4 Å². The van der Waals surface area contributed by atoms with E-state index in [1.807, 2.05) is 18.2 Å². The van der Waals surface area contributed by atoms with E-state index in [1.165, 1.54) is 4.90 Å². The molecule has 2 amide bonds. The van der Waals surface area contributed by atoms with Crippen LogP contribution in [0.1, 0.15) is 16.1 Å². The lowest BCUT2D eigenvalue weighted by atomic mass is 10.1. The smallest absolute Gasteiger partial charge is 0.296 e. The Bertz CT molecular complexity index is 1040. The van der Waals surface area contributed by atoms with Crippen LogP contribution < -0.4 is 10.1 Å². The number of hydrogen-bond donors (Lipinski definition) is 2. The van der Waals surface area contributed by atoms with Crippen molar-refractivity contribution in [3.63, 3.8) is 0 Å². The van der Waals surface area contributed by atoms with E-state index in [0.29, 0.717) is 22.7 Å². The van der Waals surface area contributed by atoms with Gasteiger partial charge in [-0.2, -0.15) is 0 Å². The molecule has 3 aromatic rings. The van der Waals surface area contributed by atoms with Crippen molar-refractivity contribution in [2.45, 2.75) is 6.92 Å². The minimum atomic E-state index is -0.718. The van der Waals surface area contributed by atoms with Crippen LogP contribution in [0.25, 0.3) is 10.9 Å². The fourth-order valence-corrected chi connectivity index (χ4v) is 2.78. The first-order chi connectivity index (χ1) is 13.4. The number of para-hydroxylation sites is 1. The standard InChI is InChI=1S/C21H21N3O4/c1-13-19(16-6-4-5-7-17(16)22-13)20(26)21(27)23-14-8-10-15(11-9-14)28-12-18(25)24(2)3/h4-11,22H,12H2,1-3H3,(H,23,27). The normalized spacial score (nSPS) is 10.5. The first-order valence-electron chi connectivity index (χ1n) is 8.73. The summed E-state index contributed by atoms with van der Waals surface area (Å²) in [5, 5.41) is 3.32. The van der Waals surface area contributed by atoms with Gasteiger partial charge < -0.3 is 19.9 Å². The zero-order valence-corrected chi connectivity index (χ0v) is 15.9. The lowest BCUT2D eigenvalue weighted by Crippen LogP contribution is -2.27. The minimum absolute atomic E-state index is 0.0724. The molecule has 1 heterocycles. The van der Waals surface area contributed by atoms with Gasteiger partial charge in [-0.15, -0.1) is 0 Å². The molecular formula is C21H21N3O4. The van der Waals surface area contributed by atoms with E-state index in [2.05, 4.69) is 10.3 Å². The molecule has 2 aromatic carbocycles. The summed E-state index contributed by atoms with van der Waals surface area (Å²) >= 11 is 0. The molecule has 0 radical (unpaired) electrons. The summed E-state index contributed by atoms with van der Waals surface area (Å²) in [6.45, 7) is 1.69. The van der Waals surface area contributed by atoms with Gasteiger partial charge in [-0.25, -0.2) is 0 Å². The Morgan fingerprint density at radius 1 is 1.04 bits per heavy atom. The highest BCUT2D eigenvalue weighted by atomic mass is 16.5. The second kappa shape index (κ2) is 7.96. The number of nitrogens with one attached hydrogen (secondary N) is 2. The second-order valence-electron chi connectivity index (χ2n) is 6.56. The molecule has 0 fully saturated rings. The summed E-state index contributed by atoms with van der Waals surface area (Å²) < 4.78 is 5.38. The fourth-order valence-electron chi connectivity index (χ4n) is 2.78. The van der Waals surface area contributed by atoms with E-state index in [1.54, 1.807) is 51.4 Å². The lowest BCUT2D eigenvalue weighted by Gasteiger charge is -2.11. The van der Waals surface area contributed by atoms with Crippen molar-refractivity contribution in [2.24, 2.45) is 0 Å². The second-order valence-corrected chi connectivity index (χ2v) is 6.56. The van der Waals surface area contributed by atoms with E-state index in [0.717, 1.165) is 10.9 Å². The fraction of sp³-hybridized carbons (Fsp3) is 0.190. The molecule has 28 heavy (non-hydrogen) atoms. The summed E-state index contributed by atoms with van der Waals surface area (Å²) in [5.41, 5.74) is 2.29. The van der Waals surface area contributed by atoms with Gasteiger partial charge in [0.15, 0.2) is 6.61 Å². The van der Waals surface area contributed by atoms with E-state index in [4.69, 9.17) is 4.74 Å². The number of likely N-dealkylation sites (N-methyl/N-ethyl adjacent to an activating group) is 1. The van der Waals surface area contributed by atoms with Crippen molar-refractivity contribution in [2.75, 3.05) is 26.0 Å². The third-order valence-electron chi connectivity index (χ3n) is 4.30. The number of rotatable bonds is 6. The first-order valence-corrected chi connectivity index (χ1v) is 8.73. The maximum Gasteiger partial charge on any atom is 0.296 e. The van der Waals surface area contributed by atoms with Crippen LogP contribution in [0.4, 0.5) is 5.69 Å². The van der Waals surface area contributed by atoms with Gasteiger partial charge in [-0.05, 0) is 37.3 Å². The zero-order valence-electron chi connectivity index (χ0n) is 15.9. The third-order valence-corrected chi connectivity index (χ3v) is 4.30. The molecule has 0 unspecified atom stereocenters. The molecule has 2 N–H and O–H groups in total. The monoisotopic (exact) mass is 379 g/mol. The molecule has 0 saturated carbocycles. The zero-order chi connectivity index (χ0) is 20.3. The third kappa shape index (κ3) is 4.03. The molecule has 0 saturated heterocycles. The average molecular weight is 379 g/mol. The number of fused-ring (bicyclic) bond motifs is 1. The number of benzene rings is 2. The number of amides is 2. The molecule has 7 nitrogen and oxygen atoms in total. The Kier molecular flexibility index (Phi) is 5.44. The van der Waals surface area contributed by atoms with Crippen LogP contribution in [0, 0.1) is 6.92 Å². The number of carbonyl (C=O) groups is 3. The molecule has 0 aliphatic rings. The Morgan fingerprint density at radius 3 is 2.39 bits per heavy atom. The Balaban J connectivity index is 1.68. The van der Waals surface area contributed by atoms with Crippen LogP contribution in [0.2, 0.25) is 0 Å². The van der Waals surface area contributed by atoms with Gasteiger partial charge in [0.2, 0.25) is 0 Å². The van der Waals surface area contributed by atoms with Crippen LogP contribution in [0.15, 0.2) is 48.5 Å². The van der Waals surface area contributed by atoms with Crippen LogP contribution in [0.5, 0.6) is 5.75 Å². The summed E-state index contributed by atoms with van der Waals surface area (Å²) in [7, 11) is 3.30. The van der Waals surface area contributed by atoms with Crippen molar-refractivity contribution in [3.05, 3.63) is 59.8 Å². The number of aryl methyl sites for hydroxylation is 1. The summed E-state index contributed by atoms with van der Waals surface area (Å²) in [5.74, 6) is -0.986. The van der Waals surface area contributed by atoms with E-state index in [-0.39, 0.29) is 12.5 Å². The van der Waals surface area contributed by atoms with Crippen molar-refractivity contribution < 1.29 is 19.1 Å². The predicted molar refractivity (Wildman–Crippen MR) is 107 cm³/mol. The predicted octanol–water partition coefficient (Wildman–Crippen LogP) is 2.76. The maximum absolute atomic E-state index is 12.7. The van der Waals surface area contributed by atoms with Crippen LogP contribution in [0.3, 0.4) is 0 Å². The molecule has 0 atom stereocenters. The van der Waals surface area contributed by atoms with E-state index in [9.17, 15) is 14.4 Å². The number of H-pyrrole nitrogens is 1. The number of aromatic nitrogens is 1. The van der Waals surface area contributed by atoms with Crippen molar-refractivity contribution in [1.29, 1.82) is 0 Å². The Morgan fingerprint density at radius 2 is 1.71 bits per heavy atom. The topological polar surface area (TPSA) is 91.5 Å². The largest absolute Gasteiger partial charge is 0.484 e. The molecule has 0 spiro atoms. The van der Waals surface area contributed by atoms with Gasteiger partial charge in [0.25, 0.3) is 17.6 Å². The Hall–Kier alpha value is -3.61. The molecule has 7 heteroatoms. The van der Waals surface area contributed by atoms with Gasteiger partial charge in [0, 0.05) is 36.4 Å². The number of ether oxygens (including phenoxy) is 1. The first kappa shape index (κ1) is 19.2. The van der Waals surface area contributed by atoms with Gasteiger partial charge in [0.05, 0.1) is 5.56 Å². The number of anilines is 1. The van der Waals surface area contributed by atoms with Crippen LogP contribution in [-0.2, 0) is 9.59 Å². The molecule has 0 aliphatic carbocycles. The summed E-state index contributed by atoms with van der Waals surface area (Å²) in [6, 6.07) is 13.8. The molecule has 144 valence electrons. The minimum Gasteiger partial charge on any atom is -0.484 e. The van der Waals surface area contributed by atoms with E-state index < -0.39 is 11.7 Å². The number of nitrogens with zero attached hydrogens (tertiary/aromatic N) is 1.